The molecule has 0 spiro atoms. The highest BCUT2D eigenvalue weighted by molar-refractivity contribution is 7.12. The number of nitrogens with one attached hydrogen (secondary N) is 1. The molecule has 116 valence electrons. The molecule has 1 N–H and O–H groups in total. The first-order valence-electron chi connectivity index (χ1n) is 8.21. The van der Waals surface area contributed by atoms with Crippen LogP contribution in [0.5, 0.6) is 0 Å². The molecule has 2 fully saturated rings. The summed E-state index contributed by atoms with van der Waals surface area (Å²) in [5, 5.41) is 3.54. The van der Waals surface area contributed by atoms with Gasteiger partial charge in [0, 0.05) is 16.3 Å². The van der Waals surface area contributed by atoms with Gasteiger partial charge in [-0.2, -0.15) is 0 Å². The summed E-state index contributed by atoms with van der Waals surface area (Å²) in [6.07, 6.45) is 4.84. The number of carbonyl (C=O) groups excluding carboxylic acids is 1. The Kier molecular flexibility index (Phi) is 4.36. The van der Waals surface area contributed by atoms with Crippen LogP contribution in [0, 0.1) is 18.8 Å². The Morgan fingerprint density at radius 2 is 2.19 bits per heavy atom. The summed E-state index contributed by atoms with van der Waals surface area (Å²) in [7, 11) is 0. The molecule has 0 radical (unpaired) electrons. The first-order valence-corrected chi connectivity index (χ1v) is 9.03. The van der Waals surface area contributed by atoms with Crippen LogP contribution in [0.25, 0.3) is 0 Å². The molecule has 2 heterocycles. The van der Waals surface area contributed by atoms with Crippen LogP contribution in [0.1, 0.15) is 55.5 Å². The molecule has 21 heavy (non-hydrogen) atoms. The van der Waals surface area contributed by atoms with Crippen molar-refractivity contribution in [2.75, 3.05) is 6.54 Å². The van der Waals surface area contributed by atoms with Crippen molar-refractivity contribution >= 4 is 17.2 Å². The van der Waals surface area contributed by atoms with E-state index in [0.717, 1.165) is 18.9 Å². The number of carbonyl (C=O) groups is 1. The molecule has 4 heteroatoms. The molecule has 3 nitrogen and oxygen atoms in total. The number of rotatable bonds is 4. The van der Waals surface area contributed by atoms with E-state index in [9.17, 15) is 4.79 Å². The fraction of sp³-hybridized carbons (Fsp3) is 0.706. The maximum Gasteiger partial charge on any atom is 0.241 e. The van der Waals surface area contributed by atoms with Crippen molar-refractivity contribution in [3.63, 3.8) is 0 Å². The topological polar surface area (TPSA) is 32.3 Å². The lowest BCUT2D eigenvalue weighted by Crippen LogP contribution is -2.34. The molecule has 2 aliphatic rings. The second-order valence-electron chi connectivity index (χ2n) is 6.75. The Morgan fingerprint density at radius 3 is 2.76 bits per heavy atom. The molecule has 1 aliphatic heterocycles. The van der Waals surface area contributed by atoms with Crippen LogP contribution in [-0.2, 0) is 4.79 Å². The molecule has 4 unspecified atom stereocenters. The SMILES string of the molecule is CCC1NC(c2ccc(C)s2)N(CC2CCC(C)C2)C1=O. The summed E-state index contributed by atoms with van der Waals surface area (Å²) in [6, 6.07) is 4.32. The van der Waals surface area contributed by atoms with Gasteiger partial charge in [-0.1, -0.05) is 20.3 Å². The summed E-state index contributed by atoms with van der Waals surface area (Å²) in [4.78, 5) is 17.4. The van der Waals surface area contributed by atoms with Crippen LogP contribution >= 0.6 is 11.3 Å². The van der Waals surface area contributed by atoms with Crippen LogP contribution in [0.3, 0.4) is 0 Å². The number of nitrogens with zero attached hydrogens (tertiary/aromatic N) is 1. The zero-order valence-electron chi connectivity index (χ0n) is 13.3. The molecule has 4 atom stereocenters. The van der Waals surface area contributed by atoms with Gasteiger partial charge in [0.1, 0.15) is 6.17 Å². The molecule has 1 amide bonds. The Hall–Kier alpha value is -0.870. The number of amides is 1. The third-order valence-electron chi connectivity index (χ3n) is 4.95. The van der Waals surface area contributed by atoms with Gasteiger partial charge in [0.15, 0.2) is 0 Å². The fourth-order valence-electron chi connectivity index (χ4n) is 3.77. The Bertz CT molecular complexity index is 513. The lowest BCUT2D eigenvalue weighted by atomic mass is 10.1. The second kappa shape index (κ2) is 6.09. The summed E-state index contributed by atoms with van der Waals surface area (Å²) < 4.78 is 0. The van der Waals surface area contributed by atoms with Crippen LogP contribution in [-0.4, -0.2) is 23.4 Å². The molecular weight excluding hydrogens is 280 g/mol. The van der Waals surface area contributed by atoms with Crippen LogP contribution in [0.15, 0.2) is 12.1 Å². The largest absolute Gasteiger partial charge is 0.320 e. The predicted octanol–water partition coefficient (Wildman–Crippen LogP) is 3.70. The average molecular weight is 306 g/mol. The maximum atomic E-state index is 12.7. The van der Waals surface area contributed by atoms with Crippen molar-refractivity contribution in [2.45, 2.75) is 58.7 Å². The van der Waals surface area contributed by atoms with Crippen molar-refractivity contribution in [3.8, 4) is 0 Å². The lowest BCUT2D eigenvalue weighted by Gasteiger charge is -2.26. The fourth-order valence-corrected chi connectivity index (χ4v) is 4.72. The van der Waals surface area contributed by atoms with Gasteiger partial charge >= 0.3 is 0 Å². The highest BCUT2D eigenvalue weighted by Crippen LogP contribution is 2.36. The van der Waals surface area contributed by atoms with Crippen molar-refractivity contribution < 1.29 is 4.79 Å². The molecule has 1 saturated heterocycles. The Labute approximate surface area is 131 Å². The van der Waals surface area contributed by atoms with E-state index in [4.69, 9.17) is 0 Å². The maximum absolute atomic E-state index is 12.7. The molecule has 1 aromatic rings. The molecule has 1 saturated carbocycles. The summed E-state index contributed by atoms with van der Waals surface area (Å²) >= 11 is 1.81. The molecule has 0 aromatic carbocycles. The van der Waals surface area contributed by atoms with Gasteiger partial charge in [-0.05, 0) is 50.2 Å². The van der Waals surface area contributed by atoms with Crippen LogP contribution in [0.4, 0.5) is 0 Å². The lowest BCUT2D eigenvalue weighted by molar-refractivity contribution is -0.130. The molecular formula is C17H26N2OS. The minimum absolute atomic E-state index is 0.00349. The quantitative estimate of drug-likeness (QED) is 0.920. The van der Waals surface area contributed by atoms with E-state index in [1.165, 1.54) is 29.0 Å². The Balaban J connectivity index is 1.77. The standard InChI is InChI=1S/C17H26N2OS/c1-4-14-17(20)19(10-13-7-5-11(2)9-13)16(18-14)15-8-6-12(3)21-15/h6,8,11,13-14,16,18H,4-5,7,9-10H2,1-3H3. The van der Waals surface area contributed by atoms with E-state index in [1.807, 2.05) is 0 Å². The summed E-state index contributed by atoms with van der Waals surface area (Å²) in [5.41, 5.74) is 0. The van der Waals surface area contributed by atoms with Gasteiger partial charge in [0.25, 0.3) is 0 Å². The average Bonchev–Trinajstić information content (AvgIpc) is 3.13. The van der Waals surface area contributed by atoms with Gasteiger partial charge < -0.3 is 4.90 Å². The number of aryl methyl sites for hydroxylation is 1. The number of hydrogen-bond donors (Lipinski definition) is 1. The van der Waals surface area contributed by atoms with E-state index >= 15 is 0 Å². The van der Waals surface area contributed by atoms with E-state index in [2.05, 4.69) is 43.1 Å². The number of thiophene rings is 1. The number of hydrogen-bond acceptors (Lipinski definition) is 3. The minimum atomic E-state index is -0.00349. The van der Waals surface area contributed by atoms with E-state index in [1.54, 1.807) is 11.3 Å². The first kappa shape index (κ1) is 15.0. The smallest absolute Gasteiger partial charge is 0.241 e. The normalized spacial score (nSPS) is 33.1. The van der Waals surface area contributed by atoms with Gasteiger partial charge in [-0.25, -0.2) is 0 Å². The highest BCUT2D eigenvalue weighted by Gasteiger charge is 2.40. The van der Waals surface area contributed by atoms with Crippen LogP contribution < -0.4 is 5.32 Å². The van der Waals surface area contributed by atoms with Crippen molar-refractivity contribution in [2.24, 2.45) is 11.8 Å². The third-order valence-corrected chi connectivity index (χ3v) is 6.00. The van der Waals surface area contributed by atoms with Gasteiger partial charge in [0.2, 0.25) is 5.91 Å². The predicted molar refractivity (Wildman–Crippen MR) is 87.2 cm³/mol. The van der Waals surface area contributed by atoms with Gasteiger partial charge in [-0.3, -0.25) is 10.1 Å². The minimum Gasteiger partial charge on any atom is -0.320 e. The first-order chi connectivity index (χ1) is 10.1. The summed E-state index contributed by atoms with van der Waals surface area (Å²) in [5.74, 6) is 1.81. The van der Waals surface area contributed by atoms with Crippen molar-refractivity contribution in [1.29, 1.82) is 0 Å². The van der Waals surface area contributed by atoms with Gasteiger partial charge in [0.05, 0.1) is 6.04 Å². The van der Waals surface area contributed by atoms with Crippen molar-refractivity contribution in [3.05, 3.63) is 21.9 Å². The van der Waals surface area contributed by atoms with E-state index in [0.29, 0.717) is 11.8 Å². The summed E-state index contributed by atoms with van der Waals surface area (Å²) in [6.45, 7) is 7.48. The monoisotopic (exact) mass is 306 g/mol. The Morgan fingerprint density at radius 1 is 1.38 bits per heavy atom. The van der Waals surface area contributed by atoms with Crippen LogP contribution in [0.2, 0.25) is 0 Å². The second-order valence-corrected chi connectivity index (χ2v) is 8.07. The van der Waals surface area contributed by atoms with Gasteiger partial charge in [-0.15, -0.1) is 11.3 Å². The molecule has 1 aromatic heterocycles. The zero-order valence-corrected chi connectivity index (χ0v) is 14.1. The molecule has 0 bridgehead atoms. The molecule has 1 aliphatic carbocycles. The molecule has 3 rings (SSSR count). The van der Waals surface area contributed by atoms with Crippen molar-refractivity contribution in [1.82, 2.24) is 10.2 Å². The van der Waals surface area contributed by atoms with E-state index in [-0.39, 0.29) is 12.2 Å². The third kappa shape index (κ3) is 3.02. The highest BCUT2D eigenvalue weighted by atomic mass is 32.1. The van der Waals surface area contributed by atoms with E-state index < -0.39 is 0 Å². The zero-order chi connectivity index (χ0) is 15.0.